The van der Waals surface area contributed by atoms with E-state index >= 15 is 0 Å². The minimum absolute atomic E-state index is 0.152. The van der Waals surface area contributed by atoms with Gasteiger partial charge in [-0.3, -0.25) is 9.59 Å². The molecule has 3 rings (SSSR count). The fourth-order valence-electron chi connectivity index (χ4n) is 2.71. The van der Waals surface area contributed by atoms with Crippen LogP contribution in [0.25, 0.3) is 0 Å². The summed E-state index contributed by atoms with van der Waals surface area (Å²) >= 11 is 0. The third-order valence-corrected chi connectivity index (χ3v) is 4.15. The van der Waals surface area contributed by atoms with Gasteiger partial charge < -0.3 is 10.6 Å². The second-order valence-corrected chi connectivity index (χ2v) is 6.49. The minimum atomic E-state index is -0.383. The zero-order valence-corrected chi connectivity index (χ0v) is 15.8. The number of carbonyl (C=O) groups excluding carboxylic acids is 2. The molecule has 1 heterocycles. The Bertz CT molecular complexity index is 1080. The van der Waals surface area contributed by atoms with Crippen molar-refractivity contribution in [2.24, 2.45) is 0 Å². The van der Waals surface area contributed by atoms with E-state index in [1.165, 1.54) is 12.4 Å². The van der Waals surface area contributed by atoms with Crippen LogP contribution in [0.4, 0.5) is 5.82 Å². The molecular weight excluding hydrogens is 365 g/mol. The highest BCUT2D eigenvalue weighted by Crippen LogP contribution is 2.07. The van der Waals surface area contributed by atoms with Crippen molar-refractivity contribution in [3.63, 3.8) is 0 Å². The summed E-state index contributed by atoms with van der Waals surface area (Å²) in [6.45, 7) is 0.295. The molecule has 0 saturated heterocycles. The van der Waals surface area contributed by atoms with Crippen molar-refractivity contribution in [1.29, 1.82) is 5.26 Å². The van der Waals surface area contributed by atoms with Gasteiger partial charge in [0.2, 0.25) is 5.91 Å². The first-order chi connectivity index (χ1) is 14.0. The molecule has 29 heavy (non-hydrogen) atoms. The van der Waals surface area contributed by atoms with Crippen LogP contribution in [-0.2, 0) is 17.8 Å². The molecule has 0 saturated carbocycles. The summed E-state index contributed by atoms with van der Waals surface area (Å²) in [5.41, 5.74) is 3.55. The second kappa shape index (κ2) is 9.28. The lowest BCUT2D eigenvalue weighted by atomic mass is 9.94. The lowest BCUT2D eigenvalue weighted by Gasteiger charge is -2.08. The van der Waals surface area contributed by atoms with Gasteiger partial charge in [-0.1, -0.05) is 41.9 Å². The first kappa shape index (κ1) is 19.8. The van der Waals surface area contributed by atoms with Crippen LogP contribution in [0.2, 0.25) is 0 Å². The van der Waals surface area contributed by atoms with Gasteiger partial charge in [0.05, 0.1) is 18.1 Å². The minimum Gasteiger partial charge on any atom is -0.347 e. The van der Waals surface area contributed by atoms with Crippen LogP contribution in [0.15, 0.2) is 60.9 Å². The summed E-state index contributed by atoms with van der Waals surface area (Å²) in [6, 6.07) is 18.1. The predicted molar refractivity (Wildman–Crippen MR) is 111 cm³/mol. The van der Waals surface area contributed by atoms with Crippen molar-refractivity contribution in [2.75, 3.05) is 5.32 Å². The van der Waals surface area contributed by atoms with Gasteiger partial charge in [-0.2, -0.15) is 5.26 Å². The molecule has 0 aliphatic rings. The standard InChI is InChI=1S/C21H18BN5O2/c22-17-3-1-2-16(8-17)9-20(28)27-19-10-18(25-13-26-19)21(29)24-12-15-6-4-14(11-23)5-7-15/h1-8,10,13H,9,12,22H2,(H,24,29)(H,25,26,27,28). The molecule has 0 unspecified atom stereocenters. The van der Waals surface area contributed by atoms with Crippen LogP contribution in [0.5, 0.6) is 0 Å². The molecule has 0 aliphatic carbocycles. The Morgan fingerprint density at radius 1 is 1.03 bits per heavy atom. The Morgan fingerprint density at radius 2 is 1.83 bits per heavy atom. The highest BCUT2D eigenvalue weighted by molar-refractivity contribution is 6.32. The monoisotopic (exact) mass is 383 g/mol. The molecule has 142 valence electrons. The zero-order chi connectivity index (χ0) is 20.6. The van der Waals surface area contributed by atoms with Crippen LogP contribution < -0.4 is 16.1 Å². The van der Waals surface area contributed by atoms with Gasteiger partial charge in [0, 0.05) is 12.6 Å². The van der Waals surface area contributed by atoms with Crippen molar-refractivity contribution in [2.45, 2.75) is 13.0 Å². The normalized spacial score (nSPS) is 10.0. The Balaban J connectivity index is 1.58. The third kappa shape index (κ3) is 5.74. The highest BCUT2D eigenvalue weighted by atomic mass is 16.2. The van der Waals surface area contributed by atoms with Gasteiger partial charge in [0.25, 0.3) is 5.91 Å². The van der Waals surface area contributed by atoms with Crippen molar-refractivity contribution in [1.82, 2.24) is 15.3 Å². The molecule has 2 N–H and O–H groups in total. The largest absolute Gasteiger partial charge is 0.347 e. The zero-order valence-electron chi connectivity index (χ0n) is 15.8. The number of aromatic nitrogens is 2. The van der Waals surface area contributed by atoms with Crippen molar-refractivity contribution in [3.8, 4) is 6.07 Å². The quantitative estimate of drug-likeness (QED) is 0.610. The number of amides is 2. The van der Waals surface area contributed by atoms with Gasteiger partial charge in [-0.05, 0) is 23.3 Å². The SMILES string of the molecule is Bc1cccc(CC(=O)Nc2cc(C(=O)NCc3ccc(C#N)cc3)ncn2)c1. The Labute approximate surface area is 169 Å². The van der Waals surface area contributed by atoms with Crippen LogP contribution in [0, 0.1) is 11.3 Å². The van der Waals surface area contributed by atoms with Gasteiger partial charge in [-0.15, -0.1) is 0 Å². The van der Waals surface area contributed by atoms with E-state index in [0.29, 0.717) is 12.1 Å². The van der Waals surface area contributed by atoms with E-state index in [4.69, 9.17) is 5.26 Å². The first-order valence-electron chi connectivity index (χ1n) is 8.98. The van der Waals surface area contributed by atoms with Gasteiger partial charge in [0.15, 0.2) is 0 Å². The summed E-state index contributed by atoms with van der Waals surface area (Å²) in [5.74, 6) is -0.342. The maximum absolute atomic E-state index is 12.3. The van der Waals surface area contributed by atoms with Gasteiger partial charge in [0.1, 0.15) is 25.7 Å². The molecule has 0 radical (unpaired) electrons. The van der Waals surface area contributed by atoms with E-state index in [1.54, 1.807) is 24.3 Å². The fraction of sp³-hybridized carbons (Fsp3) is 0.0952. The summed E-state index contributed by atoms with van der Waals surface area (Å²) in [4.78, 5) is 32.6. The molecule has 2 amide bonds. The average molecular weight is 383 g/mol. The van der Waals surface area contributed by atoms with Crippen molar-refractivity contribution < 1.29 is 9.59 Å². The fourth-order valence-corrected chi connectivity index (χ4v) is 2.71. The molecule has 0 fully saturated rings. The number of anilines is 1. The number of carbonyl (C=O) groups is 2. The Hall–Kier alpha value is -3.99. The Morgan fingerprint density at radius 3 is 2.55 bits per heavy atom. The number of benzene rings is 2. The van der Waals surface area contributed by atoms with Crippen LogP contribution >= 0.6 is 0 Å². The molecule has 0 spiro atoms. The maximum Gasteiger partial charge on any atom is 0.270 e. The molecule has 7 nitrogen and oxygen atoms in total. The van der Waals surface area contributed by atoms with Crippen molar-refractivity contribution >= 4 is 30.9 Å². The average Bonchev–Trinajstić information content (AvgIpc) is 2.72. The lowest BCUT2D eigenvalue weighted by molar-refractivity contribution is -0.115. The summed E-state index contributed by atoms with van der Waals surface area (Å²) in [5, 5.41) is 14.3. The van der Waals surface area contributed by atoms with Crippen molar-refractivity contribution in [3.05, 3.63) is 83.3 Å². The maximum atomic E-state index is 12.3. The molecule has 3 aromatic rings. The summed E-state index contributed by atoms with van der Waals surface area (Å²) in [6.07, 6.45) is 1.45. The lowest BCUT2D eigenvalue weighted by Crippen LogP contribution is -2.24. The smallest absolute Gasteiger partial charge is 0.270 e. The summed E-state index contributed by atoms with van der Waals surface area (Å²) in [7, 11) is 1.97. The number of nitrogens with zero attached hydrogens (tertiary/aromatic N) is 3. The second-order valence-electron chi connectivity index (χ2n) is 6.49. The van der Waals surface area contributed by atoms with Gasteiger partial charge >= 0.3 is 0 Å². The molecule has 1 aromatic heterocycles. The van der Waals surface area contributed by atoms with Crippen LogP contribution in [0.3, 0.4) is 0 Å². The topological polar surface area (TPSA) is 108 Å². The number of hydrogen-bond donors (Lipinski definition) is 2. The molecule has 0 aliphatic heterocycles. The number of rotatable bonds is 6. The van der Waals surface area contributed by atoms with Gasteiger partial charge in [-0.25, -0.2) is 9.97 Å². The van der Waals surface area contributed by atoms with E-state index in [-0.39, 0.29) is 29.7 Å². The summed E-state index contributed by atoms with van der Waals surface area (Å²) < 4.78 is 0. The van der Waals surface area contributed by atoms with Crippen LogP contribution in [-0.4, -0.2) is 29.6 Å². The highest BCUT2D eigenvalue weighted by Gasteiger charge is 2.11. The van der Waals surface area contributed by atoms with E-state index in [9.17, 15) is 9.59 Å². The van der Waals surface area contributed by atoms with E-state index in [0.717, 1.165) is 16.6 Å². The van der Waals surface area contributed by atoms with E-state index in [2.05, 4.69) is 20.6 Å². The Kier molecular flexibility index (Phi) is 6.33. The molecule has 0 bridgehead atoms. The van der Waals surface area contributed by atoms with E-state index in [1.807, 2.05) is 38.2 Å². The first-order valence-corrected chi connectivity index (χ1v) is 8.98. The molecule has 0 atom stereocenters. The number of nitrogens with one attached hydrogen (secondary N) is 2. The number of hydrogen-bond acceptors (Lipinski definition) is 5. The van der Waals surface area contributed by atoms with Crippen LogP contribution in [0.1, 0.15) is 27.2 Å². The van der Waals surface area contributed by atoms with E-state index < -0.39 is 0 Å². The predicted octanol–water partition coefficient (Wildman–Crippen LogP) is 0.718. The molecular formula is C21H18BN5O2. The third-order valence-electron chi connectivity index (χ3n) is 4.15. The number of nitriles is 1. The molecule has 8 heteroatoms. The molecule has 2 aromatic carbocycles.